The van der Waals surface area contributed by atoms with Crippen LogP contribution in [-0.2, 0) is 12.6 Å². The van der Waals surface area contributed by atoms with Crippen molar-refractivity contribution in [1.82, 2.24) is 5.32 Å². The first kappa shape index (κ1) is 14.8. The van der Waals surface area contributed by atoms with Crippen LogP contribution < -0.4 is 5.32 Å². The smallest absolute Gasteiger partial charge is 0.310 e. The normalized spacial score (nSPS) is 13.3. The Hall–Kier alpha value is -1.29. The van der Waals surface area contributed by atoms with E-state index < -0.39 is 11.7 Å². The van der Waals surface area contributed by atoms with Gasteiger partial charge in [-0.3, -0.25) is 0 Å². The largest absolute Gasteiger partial charge is 0.416 e. The fourth-order valence-electron chi connectivity index (χ4n) is 1.65. The molecule has 0 heterocycles. The second kappa shape index (κ2) is 6.59. The summed E-state index contributed by atoms with van der Waals surface area (Å²) in [4.78, 5) is 0. The van der Waals surface area contributed by atoms with Gasteiger partial charge in [-0.1, -0.05) is 25.1 Å². The first-order chi connectivity index (χ1) is 8.47. The van der Waals surface area contributed by atoms with Gasteiger partial charge in [0.1, 0.15) is 0 Å². The SMILES string of the molecule is C=CC(Cc1ccc(C(F)(F)F)cc1)NCCC. The van der Waals surface area contributed by atoms with Crippen LogP contribution in [0.15, 0.2) is 36.9 Å². The summed E-state index contributed by atoms with van der Waals surface area (Å²) < 4.78 is 37.2. The maximum absolute atomic E-state index is 12.4. The molecule has 1 aromatic rings. The Morgan fingerprint density at radius 3 is 2.33 bits per heavy atom. The third-order valence-electron chi connectivity index (χ3n) is 2.68. The molecular formula is C14H18F3N. The molecule has 1 aromatic carbocycles. The lowest BCUT2D eigenvalue weighted by Crippen LogP contribution is -2.29. The van der Waals surface area contributed by atoms with Crippen LogP contribution in [0.1, 0.15) is 24.5 Å². The van der Waals surface area contributed by atoms with E-state index in [0.29, 0.717) is 6.42 Å². The topological polar surface area (TPSA) is 12.0 Å². The summed E-state index contributed by atoms with van der Waals surface area (Å²) in [7, 11) is 0. The molecule has 1 N–H and O–H groups in total. The maximum atomic E-state index is 12.4. The first-order valence-corrected chi connectivity index (χ1v) is 5.99. The Morgan fingerprint density at radius 1 is 1.28 bits per heavy atom. The number of hydrogen-bond donors (Lipinski definition) is 1. The van der Waals surface area contributed by atoms with Gasteiger partial charge in [0.15, 0.2) is 0 Å². The fraction of sp³-hybridized carbons (Fsp3) is 0.429. The first-order valence-electron chi connectivity index (χ1n) is 5.99. The van der Waals surface area contributed by atoms with Gasteiger partial charge in [0.25, 0.3) is 0 Å². The standard InChI is InChI=1S/C14H18F3N/c1-3-9-18-13(4-2)10-11-5-7-12(8-6-11)14(15,16)17/h4-8,13,18H,2-3,9-10H2,1H3. The zero-order valence-corrected chi connectivity index (χ0v) is 10.4. The molecule has 0 saturated heterocycles. The van der Waals surface area contributed by atoms with E-state index in [1.807, 2.05) is 0 Å². The van der Waals surface area contributed by atoms with Crippen molar-refractivity contribution < 1.29 is 13.2 Å². The number of halogens is 3. The van der Waals surface area contributed by atoms with Gasteiger partial charge >= 0.3 is 6.18 Å². The molecule has 1 atom stereocenters. The summed E-state index contributed by atoms with van der Waals surface area (Å²) in [5.41, 5.74) is 0.263. The summed E-state index contributed by atoms with van der Waals surface area (Å²) >= 11 is 0. The zero-order valence-electron chi connectivity index (χ0n) is 10.4. The van der Waals surface area contributed by atoms with Crippen LogP contribution in [0.2, 0.25) is 0 Å². The molecule has 0 aliphatic heterocycles. The predicted octanol–water partition coefficient (Wildman–Crippen LogP) is 3.80. The van der Waals surface area contributed by atoms with Crippen LogP contribution in [0.3, 0.4) is 0 Å². The van der Waals surface area contributed by atoms with E-state index in [0.717, 1.165) is 30.7 Å². The van der Waals surface area contributed by atoms with Crippen LogP contribution in [0, 0.1) is 0 Å². The van der Waals surface area contributed by atoms with Gasteiger partial charge in [-0.15, -0.1) is 6.58 Å². The van der Waals surface area contributed by atoms with E-state index in [9.17, 15) is 13.2 Å². The third-order valence-corrected chi connectivity index (χ3v) is 2.68. The molecule has 0 radical (unpaired) electrons. The number of benzene rings is 1. The molecule has 100 valence electrons. The maximum Gasteiger partial charge on any atom is 0.416 e. The van der Waals surface area contributed by atoms with E-state index in [-0.39, 0.29) is 6.04 Å². The molecule has 0 fully saturated rings. The zero-order chi connectivity index (χ0) is 13.6. The molecule has 0 aliphatic carbocycles. The third kappa shape index (κ3) is 4.53. The fourth-order valence-corrected chi connectivity index (χ4v) is 1.65. The second-order valence-corrected chi connectivity index (χ2v) is 4.20. The molecule has 0 amide bonds. The van der Waals surface area contributed by atoms with E-state index in [1.165, 1.54) is 12.1 Å². The molecule has 0 aromatic heterocycles. The lowest BCUT2D eigenvalue weighted by molar-refractivity contribution is -0.137. The van der Waals surface area contributed by atoms with Gasteiger partial charge < -0.3 is 5.32 Å². The highest BCUT2D eigenvalue weighted by Gasteiger charge is 2.29. The number of hydrogen-bond acceptors (Lipinski definition) is 1. The Balaban J connectivity index is 2.65. The molecule has 1 rings (SSSR count). The van der Waals surface area contributed by atoms with Crippen molar-refractivity contribution in [2.24, 2.45) is 0 Å². The Kier molecular flexibility index (Phi) is 5.41. The summed E-state index contributed by atoms with van der Waals surface area (Å²) in [5.74, 6) is 0. The minimum atomic E-state index is -4.27. The summed E-state index contributed by atoms with van der Waals surface area (Å²) in [6.45, 7) is 6.66. The van der Waals surface area contributed by atoms with Gasteiger partial charge in [-0.25, -0.2) is 0 Å². The van der Waals surface area contributed by atoms with Crippen LogP contribution >= 0.6 is 0 Å². The van der Waals surface area contributed by atoms with Crippen molar-refractivity contribution in [2.45, 2.75) is 32.0 Å². The molecule has 18 heavy (non-hydrogen) atoms. The van der Waals surface area contributed by atoms with Gasteiger partial charge in [-0.2, -0.15) is 13.2 Å². The molecule has 1 nitrogen and oxygen atoms in total. The molecular weight excluding hydrogens is 239 g/mol. The number of nitrogens with one attached hydrogen (secondary N) is 1. The highest BCUT2D eigenvalue weighted by Crippen LogP contribution is 2.29. The van der Waals surface area contributed by atoms with E-state index in [2.05, 4.69) is 18.8 Å². The van der Waals surface area contributed by atoms with Crippen LogP contribution in [0.5, 0.6) is 0 Å². The molecule has 0 bridgehead atoms. The minimum absolute atomic E-state index is 0.0988. The molecule has 0 saturated carbocycles. The molecule has 1 unspecified atom stereocenters. The molecule has 0 aliphatic rings. The Bertz CT molecular complexity index is 368. The summed E-state index contributed by atoms with van der Waals surface area (Å²) in [5, 5.41) is 3.27. The lowest BCUT2D eigenvalue weighted by atomic mass is 10.0. The van der Waals surface area contributed by atoms with Gasteiger partial charge in [0.05, 0.1) is 5.56 Å². The number of rotatable bonds is 6. The predicted molar refractivity (Wildman–Crippen MR) is 67.4 cm³/mol. The van der Waals surface area contributed by atoms with Crippen LogP contribution in [0.25, 0.3) is 0 Å². The molecule has 0 spiro atoms. The van der Waals surface area contributed by atoms with Gasteiger partial charge in [-0.05, 0) is 37.1 Å². The Labute approximate surface area is 106 Å². The highest BCUT2D eigenvalue weighted by molar-refractivity contribution is 5.25. The second-order valence-electron chi connectivity index (χ2n) is 4.20. The lowest BCUT2D eigenvalue weighted by Gasteiger charge is -2.14. The average molecular weight is 257 g/mol. The van der Waals surface area contributed by atoms with E-state index in [1.54, 1.807) is 6.08 Å². The quantitative estimate of drug-likeness (QED) is 0.764. The monoisotopic (exact) mass is 257 g/mol. The average Bonchev–Trinajstić information content (AvgIpc) is 2.34. The molecule has 4 heteroatoms. The highest BCUT2D eigenvalue weighted by atomic mass is 19.4. The van der Waals surface area contributed by atoms with Gasteiger partial charge in [0.2, 0.25) is 0 Å². The van der Waals surface area contributed by atoms with Gasteiger partial charge in [0, 0.05) is 6.04 Å². The summed E-state index contributed by atoms with van der Waals surface area (Å²) in [6, 6.07) is 5.38. The van der Waals surface area contributed by atoms with Crippen LogP contribution in [0.4, 0.5) is 13.2 Å². The van der Waals surface area contributed by atoms with Crippen molar-refractivity contribution in [1.29, 1.82) is 0 Å². The van der Waals surface area contributed by atoms with Crippen molar-refractivity contribution in [3.63, 3.8) is 0 Å². The van der Waals surface area contributed by atoms with Crippen molar-refractivity contribution in [2.75, 3.05) is 6.54 Å². The van der Waals surface area contributed by atoms with Crippen molar-refractivity contribution >= 4 is 0 Å². The summed E-state index contributed by atoms with van der Waals surface area (Å²) in [6.07, 6.45) is -0.816. The van der Waals surface area contributed by atoms with E-state index >= 15 is 0 Å². The van der Waals surface area contributed by atoms with Crippen LogP contribution in [-0.4, -0.2) is 12.6 Å². The van der Waals surface area contributed by atoms with Crippen molar-refractivity contribution in [3.8, 4) is 0 Å². The van der Waals surface area contributed by atoms with Crippen molar-refractivity contribution in [3.05, 3.63) is 48.0 Å². The Morgan fingerprint density at radius 2 is 1.89 bits per heavy atom. The number of alkyl halides is 3. The van der Waals surface area contributed by atoms with E-state index in [4.69, 9.17) is 0 Å². The minimum Gasteiger partial charge on any atom is -0.310 e.